The number of carbonyl (C=O) groups excluding carboxylic acids is 3. The van der Waals surface area contributed by atoms with Gasteiger partial charge in [-0.1, -0.05) is 51.1 Å². The molecule has 0 spiro atoms. The van der Waals surface area contributed by atoms with Crippen molar-refractivity contribution in [2.24, 2.45) is 11.1 Å². The maximum absolute atomic E-state index is 14.4. The van der Waals surface area contributed by atoms with Crippen LogP contribution in [0, 0.1) is 5.41 Å². The third-order valence-corrected chi connectivity index (χ3v) is 9.52. The van der Waals surface area contributed by atoms with Crippen molar-refractivity contribution in [3.8, 4) is 5.75 Å². The lowest BCUT2D eigenvalue weighted by molar-refractivity contribution is -0.147. The Morgan fingerprint density at radius 1 is 0.818 bits per heavy atom. The number of hydrogen-bond acceptors (Lipinski definition) is 11. The Kier molecular flexibility index (Phi) is 18.8. The van der Waals surface area contributed by atoms with E-state index in [1.165, 1.54) is 12.7 Å². The zero-order valence-electron chi connectivity index (χ0n) is 33.1. The Labute approximate surface area is 326 Å². The second-order valence-corrected chi connectivity index (χ2v) is 14.8. The van der Waals surface area contributed by atoms with Gasteiger partial charge in [0.15, 0.2) is 0 Å². The van der Waals surface area contributed by atoms with Gasteiger partial charge in [-0.3, -0.25) is 14.4 Å². The quantitative estimate of drug-likeness (QED) is 0.134. The monoisotopic (exact) mass is 770 g/mol. The van der Waals surface area contributed by atoms with Gasteiger partial charge in [-0.25, -0.2) is 0 Å². The van der Waals surface area contributed by atoms with Crippen LogP contribution in [0.4, 0.5) is 0 Å². The minimum absolute atomic E-state index is 0.136. The summed E-state index contributed by atoms with van der Waals surface area (Å²) in [6, 6.07) is 12.2. The maximum atomic E-state index is 14.4. The summed E-state index contributed by atoms with van der Waals surface area (Å²) in [6.07, 6.45) is 3.11. The van der Waals surface area contributed by atoms with Crippen molar-refractivity contribution in [3.63, 3.8) is 0 Å². The molecule has 2 aromatic rings. The van der Waals surface area contributed by atoms with Crippen LogP contribution in [0.3, 0.4) is 0 Å². The fourth-order valence-electron chi connectivity index (χ4n) is 6.72. The van der Waals surface area contributed by atoms with Gasteiger partial charge >= 0.3 is 0 Å². The second-order valence-electron chi connectivity index (χ2n) is 14.8. The van der Waals surface area contributed by atoms with Gasteiger partial charge in [-0.05, 0) is 59.1 Å². The summed E-state index contributed by atoms with van der Waals surface area (Å²) in [7, 11) is 1.43. The Bertz CT molecular complexity index is 1490. The molecule has 3 unspecified atom stereocenters. The van der Waals surface area contributed by atoms with E-state index in [1.54, 1.807) is 4.90 Å². The zero-order valence-corrected chi connectivity index (χ0v) is 33.1. The van der Waals surface area contributed by atoms with E-state index in [-0.39, 0.29) is 31.0 Å². The minimum Gasteiger partial charge on any atom is -0.491 e. The molecule has 2 aromatic carbocycles. The first-order chi connectivity index (χ1) is 26.6. The van der Waals surface area contributed by atoms with E-state index in [4.69, 9.17) is 38.9 Å². The van der Waals surface area contributed by atoms with E-state index in [9.17, 15) is 14.4 Å². The van der Waals surface area contributed by atoms with Crippen LogP contribution in [0.5, 0.6) is 5.75 Å². The number of nitrogens with two attached hydrogens (primary N) is 1. The molecule has 14 heteroatoms. The van der Waals surface area contributed by atoms with Gasteiger partial charge in [0, 0.05) is 26.6 Å². The largest absolute Gasteiger partial charge is 0.491 e. The molecule has 14 nitrogen and oxygen atoms in total. The molecule has 306 valence electrons. The lowest BCUT2D eigenvalue weighted by Crippen LogP contribution is -2.61. The summed E-state index contributed by atoms with van der Waals surface area (Å²) in [5.41, 5.74) is 8.94. The predicted molar refractivity (Wildman–Crippen MR) is 207 cm³/mol. The van der Waals surface area contributed by atoms with Crippen LogP contribution in [0.2, 0.25) is 0 Å². The van der Waals surface area contributed by atoms with Crippen molar-refractivity contribution < 1.29 is 47.5 Å². The molecule has 55 heavy (non-hydrogen) atoms. The number of hydrogen-bond donors (Lipinski definition) is 3. The van der Waals surface area contributed by atoms with Crippen LogP contribution in [0.1, 0.15) is 61.9 Å². The summed E-state index contributed by atoms with van der Waals surface area (Å²) in [5, 5.41) is 6.15. The normalized spacial score (nSPS) is 17.2. The average molecular weight is 771 g/mol. The molecule has 0 bridgehead atoms. The fourth-order valence-corrected chi connectivity index (χ4v) is 6.72. The van der Waals surface area contributed by atoms with Crippen LogP contribution in [-0.4, -0.2) is 128 Å². The van der Waals surface area contributed by atoms with Gasteiger partial charge in [0.2, 0.25) is 17.7 Å². The summed E-state index contributed by atoms with van der Waals surface area (Å²) < 4.78 is 38.4. The first-order valence-corrected chi connectivity index (χ1v) is 19.4. The smallest absolute Gasteiger partial charge is 0.246 e. The highest BCUT2D eigenvalue weighted by molar-refractivity contribution is 5.93. The topological polar surface area (TPSA) is 169 Å². The van der Waals surface area contributed by atoms with Gasteiger partial charge in [0.1, 0.15) is 31.0 Å². The molecule has 0 aromatic heterocycles. The fraction of sp³-hybridized carbons (Fsp3) is 0.634. The molecular formula is C41H62N4O10. The number of carbonyl (C=O) groups is 3. The van der Waals surface area contributed by atoms with Crippen LogP contribution in [0.15, 0.2) is 42.5 Å². The van der Waals surface area contributed by atoms with E-state index >= 15 is 0 Å². The highest BCUT2D eigenvalue weighted by Gasteiger charge is 2.42. The Hall–Kier alpha value is -3.63. The number of ether oxygens (including phenoxy) is 7. The third-order valence-electron chi connectivity index (χ3n) is 9.52. The number of amides is 3. The van der Waals surface area contributed by atoms with Crippen molar-refractivity contribution in [1.82, 2.24) is 15.5 Å². The minimum atomic E-state index is -0.882. The number of methoxy groups -OCH3 is 1. The number of nitrogens with zero attached hydrogens (tertiary/aromatic N) is 1. The maximum Gasteiger partial charge on any atom is 0.246 e. The molecule has 4 rings (SSSR count). The Balaban J connectivity index is 1.30. The Morgan fingerprint density at radius 2 is 1.44 bits per heavy atom. The number of aryl methyl sites for hydroxylation is 1. The van der Waals surface area contributed by atoms with Gasteiger partial charge in [0.25, 0.3) is 0 Å². The molecule has 1 heterocycles. The number of benzene rings is 2. The second kappa shape index (κ2) is 23.4. The molecule has 0 radical (unpaired) electrons. The molecule has 3 atom stereocenters. The van der Waals surface area contributed by atoms with E-state index in [2.05, 4.69) is 22.8 Å². The molecule has 0 fully saturated rings. The SMILES string of the molecule is COCC(=O)NC(C(=O)N1Cc2cc(OCCOCCOCCOCCOCCOCCN)ccc2CC1C(=O)NC1CCCc2ccccc21)C(C)(C)C. The van der Waals surface area contributed by atoms with Crippen LogP contribution >= 0.6 is 0 Å². The van der Waals surface area contributed by atoms with E-state index in [0.717, 1.165) is 36.0 Å². The first-order valence-electron chi connectivity index (χ1n) is 19.4. The molecule has 0 saturated heterocycles. The van der Waals surface area contributed by atoms with Crippen molar-refractivity contribution in [2.45, 2.75) is 71.1 Å². The van der Waals surface area contributed by atoms with Crippen LogP contribution in [0.25, 0.3) is 0 Å². The van der Waals surface area contributed by atoms with Gasteiger partial charge in [-0.2, -0.15) is 0 Å². The lowest BCUT2D eigenvalue weighted by atomic mass is 9.84. The van der Waals surface area contributed by atoms with E-state index in [0.29, 0.717) is 91.4 Å². The highest BCUT2D eigenvalue weighted by Crippen LogP contribution is 2.33. The molecular weight excluding hydrogens is 708 g/mol. The molecule has 0 saturated carbocycles. The van der Waals surface area contributed by atoms with E-state index < -0.39 is 23.4 Å². The first kappa shape index (κ1) is 44.1. The summed E-state index contributed by atoms with van der Waals surface area (Å²) in [4.78, 5) is 42.9. The number of nitrogens with one attached hydrogen (secondary N) is 2. The molecule has 3 amide bonds. The van der Waals surface area contributed by atoms with E-state index in [1.807, 2.05) is 51.1 Å². The van der Waals surface area contributed by atoms with Crippen molar-refractivity contribution in [1.29, 1.82) is 0 Å². The summed E-state index contributed by atoms with van der Waals surface area (Å²) in [5.74, 6) is -0.298. The zero-order chi connectivity index (χ0) is 39.5. The van der Waals surface area contributed by atoms with Crippen molar-refractivity contribution in [2.75, 3.05) is 92.9 Å². The van der Waals surface area contributed by atoms with Gasteiger partial charge < -0.3 is 54.4 Å². The molecule has 4 N–H and O–H groups in total. The molecule has 1 aliphatic heterocycles. The molecule has 1 aliphatic carbocycles. The Morgan fingerprint density at radius 3 is 2.05 bits per heavy atom. The third kappa shape index (κ3) is 14.4. The number of rotatable bonds is 24. The highest BCUT2D eigenvalue weighted by atomic mass is 16.6. The average Bonchev–Trinajstić information content (AvgIpc) is 3.17. The van der Waals surface area contributed by atoms with Gasteiger partial charge in [-0.15, -0.1) is 0 Å². The standard InChI is InChI=1S/C41H62N4O10/c1-41(2,3)38(44-37(46)29-49-4)40(48)45-28-32-26-33(55-25-24-54-23-22-53-21-20-52-19-18-51-17-16-50-15-14-42)13-12-31(32)27-36(45)39(47)43-35-11-7-9-30-8-5-6-10-34(30)35/h5-6,8,10,12-13,26,35-36,38H,7,9,11,14-25,27-29,42H2,1-4H3,(H,43,47)(H,44,46). The summed E-state index contributed by atoms with van der Waals surface area (Å²) in [6.45, 7) is 11.2. The van der Waals surface area contributed by atoms with Crippen LogP contribution < -0.4 is 21.1 Å². The van der Waals surface area contributed by atoms with Crippen molar-refractivity contribution >= 4 is 17.7 Å². The van der Waals surface area contributed by atoms with Crippen molar-refractivity contribution in [3.05, 3.63) is 64.7 Å². The molecule has 2 aliphatic rings. The number of fused-ring (bicyclic) bond motifs is 2. The van der Waals surface area contributed by atoms with Crippen LogP contribution in [-0.2, 0) is 62.2 Å². The van der Waals surface area contributed by atoms with Gasteiger partial charge in [0.05, 0.1) is 72.1 Å². The summed E-state index contributed by atoms with van der Waals surface area (Å²) >= 11 is 0. The lowest BCUT2D eigenvalue weighted by Gasteiger charge is -2.41. The predicted octanol–water partition coefficient (Wildman–Crippen LogP) is 2.73.